The lowest BCUT2D eigenvalue weighted by Crippen LogP contribution is -2.26. The van der Waals surface area contributed by atoms with Gasteiger partial charge in [-0.2, -0.15) is 11.3 Å². The van der Waals surface area contributed by atoms with Crippen LogP contribution >= 0.6 is 11.3 Å². The fourth-order valence-electron chi connectivity index (χ4n) is 2.74. The van der Waals surface area contributed by atoms with Gasteiger partial charge in [-0.3, -0.25) is 4.90 Å². The highest BCUT2D eigenvalue weighted by molar-refractivity contribution is 7.07. The normalized spacial score (nSPS) is 24.1. The minimum absolute atomic E-state index is 0.571. The smallest absolute Gasteiger partial charge is 0.230 e. The molecule has 19 heavy (non-hydrogen) atoms. The predicted molar refractivity (Wildman–Crippen MR) is 75.2 cm³/mol. The standard InChI is InChI=1S/C14H19N3OS/c1-3-13-15-16-14(18-13)8-17-7-12(6-10(17)2)11-4-5-19-9-11/h4-5,9-10,12H,3,6-8H2,1-2H3/t10-,12-/m1/s1. The van der Waals surface area contributed by atoms with Crippen molar-refractivity contribution in [3.8, 4) is 0 Å². The molecule has 0 aromatic carbocycles. The Kier molecular flexibility index (Phi) is 3.66. The lowest BCUT2D eigenvalue weighted by Gasteiger charge is -2.18. The van der Waals surface area contributed by atoms with E-state index in [1.165, 1.54) is 12.0 Å². The summed E-state index contributed by atoms with van der Waals surface area (Å²) in [6, 6.07) is 2.81. The van der Waals surface area contributed by atoms with Crippen molar-refractivity contribution >= 4 is 11.3 Å². The third kappa shape index (κ3) is 2.72. The van der Waals surface area contributed by atoms with Gasteiger partial charge in [-0.05, 0) is 41.7 Å². The number of hydrogen-bond acceptors (Lipinski definition) is 5. The molecule has 1 aliphatic rings. The third-order valence-corrected chi connectivity index (χ3v) is 4.57. The molecule has 2 aromatic rings. The zero-order valence-corrected chi connectivity index (χ0v) is 12.2. The highest BCUT2D eigenvalue weighted by atomic mass is 32.1. The van der Waals surface area contributed by atoms with E-state index in [1.54, 1.807) is 11.3 Å². The van der Waals surface area contributed by atoms with Gasteiger partial charge in [0.2, 0.25) is 11.8 Å². The van der Waals surface area contributed by atoms with Crippen LogP contribution in [-0.2, 0) is 13.0 Å². The monoisotopic (exact) mass is 277 g/mol. The zero-order valence-electron chi connectivity index (χ0n) is 11.4. The summed E-state index contributed by atoms with van der Waals surface area (Å²) in [6.45, 7) is 6.17. The first kappa shape index (κ1) is 12.8. The van der Waals surface area contributed by atoms with Crippen molar-refractivity contribution in [2.45, 2.75) is 45.2 Å². The maximum atomic E-state index is 5.61. The number of rotatable bonds is 4. The summed E-state index contributed by atoms with van der Waals surface area (Å²) in [5.41, 5.74) is 1.47. The number of hydrogen-bond donors (Lipinski definition) is 0. The van der Waals surface area contributed by atoms with E-state index in [9.17, 15) is 0 Å². The van der Waals surface area contributed by atoms with Crippen molar-refractivity contribution in [1.29, 1.82) is 0 Å². The van der Waals surface area contributed by atoms with Gasteiger partial charge in [0.25, 0.3) is 0 Å². The Bertz CT molecular complexity index is 523. The number of likely N-dealkylation sites (tertiary alicyclic amines) is 1. The number of aromatic nitrogens is 2. The van der Waals surface area contributed by atoms with Crippen molar-refractivity contribution in [2.75, 3.05) is 6.54 Å². The molecule has 1 fully saturated rings. The Labute approximate surface area is 117 Å². The second kappa shape index (κ2) is 5.43. The molecule has 3 rings (SSSR count). The van der Waals surface area contributed by atoms with Crippen LogP contribution in [0.3, 0.4) is 0 Å². The minimum Gasteiger partial charge on any atom is -0.424 e. The van der Waals surface area contributed by atoms with Crippen molar-refractivity contribution in [1.82, 2.24) is 15.1 Å². The maximum absolute atomic E-state index is 5.61. The lowest BCUT2D eigenvalue weighted by molar-refractivity contribution is 0.230. The average molecular weight is 277 g/mol. The van der Waals surface area contributed by atoms with Crippen molar-refractivity contribution in [3.05, 3.63) is 34.2 Å². The van der Waals surface area contributed by atoms with Gasteiger partial charge in [0, 0.05) is 19.0 Å². The Hall–Kier alpha value is -1.20. The van der Waals surface area contributed by atoms with Crippen molar-refractivity contribution in [3.63, 3.8) is 0 Å². The molecule has 1 saturated heterocycles. The van der Waals surface area contributed by atoms with Crippen LogP contribution < -0.4 is 0 Å². The molecule has 1 aliphatic heterocycles. The van der Waals surface area contributed by atoms with Crippen LogP contribution in [0.25, 0.3) is 0 Å². The van der Waals surface area contributed by atoms with E-state index in [0.717, 1.165) is 31.3 Å². The van der Waals surface area contributed by atoms with Gasteiger partial charge in [-0.25, -0.2) is 0 Å². The van der Waals surface area contributed by atoms with Crippen LogP contribution in [0.15, 0.2) is 21.2 Å². The molecule has 0 unspecified atom stereocenters. The second-order valence-electron chi connectivity index (χ2n) is 5.21. The van der Waals surface area contributed by atoms with Crippen LogP contribution in [0.5, 0.6) is 0 Å². The summed E-state index contributed by atoms with van der Waals surface area (Å²) in [5.74, 6) is 2.13. The summed E-state index contributed by atoms with van der Waals surface area (Å²) in [7, 11) is 0. The van der Waals surface area contributed by atoms with E-state index in [-0.39, 0.29) is 0 Å². The fraction of sp³-hybridized carbons (Fsp3) is 0.571. The van der Waals surface area contributed by atoms with E-state index in [2.05, 4.69) is 38.8 Å². The lowest BCUT2D eigenvalue weighted by atomic mass is 10.00. The van der Waals surface area contributed by atoms with Crippen LogP contribution in [-0.4, -0.2) is 27.7 Å². The molecule has 5 heteroatoms. The molecule has 2 atom stereocenters. The molecule has 0 radical (unpaired) electrons. The first-order chi connectivity index (χ1) is 9.26. The molecule has 0 saturated carbocycles. The second-order valence-corrected chi connectivity index (χ2v) is 5.99. The molecular formula is C14H19N3OS. The Morgan fingerprint density at radius 2 is 2.26 bits per heavy atom. The average Bonchev–Trinajstić information content (AvgIpc) is 3.12. The van der Waals surface area contributed by atoms with Crippen LogP contribution in [0, 0.1) is 0 Å². The van der Waals surface area contributed by atoms with E-state index >= 15 is 0 Å². The molecule has 0 N–H and O–H groups in total. The van der Waals surface area contributed by atoms with Gasteiger partial charge in [-0.1, -0.05) is 6.92 Å². The van der Waals surface area contributed by atoms with Gasteiger partial charge in [0.05, 0.1) is 6.54 Å². The SMILES string of the molecule is CCc1nnc(CN2C[C@H](c3ccsc3)C[C@H]2C)o1. The third-order valence-electron chi connectivity index (χ3n) is 3.87. The van der Waals surface area contributed by atoms with Crippen molar-refractivity contribution in [2.24, 2.45) is 0 Å². The largest absolute Gasteiger partial charge is 0.424 e. The quantitative estimate of drug-likeness (QED) is 0.861. The Morgan fingerprint density at radius 1 is 1.42 bits per heavy atom. The van der Waals surface area contributed by atoms with Gasteiger partial charge < -0.3 is 4.42 Å². The minimum atomic E-state index is 0.571. The Balaban J connectivity index is 1.65. The first-order valence-corrected chi connectivity index (χ1v) is 7.78. The van der Waals surface area contributed by atoms with Gasteiger partial charge >= 0.3 is 0 Å². The van der Waals surface area contributed by atoms with E-state index in [1.807, 2.05) is 6.92 Å². The van der Waals surface area contributed by atoms with Gasteiger partial charge in [0.1, 0.15) is 0 Å². The fourth-order valence-corrected chi connectivity index (χ4v) is 3.48. The Morgan fingerprint density at radius 3 is 2.95 bits per heavy atom. The van der Waals surface area contributed by atoms with Crippen LogP contribution in [0.2, 0.25) is 0 Å². The molecule has 0 bridgehead atoms. The summed E-state index contributed by atoms with van der Waals surface area (Å²) >= 11 is 1.78. The maximum Gasteiger partial charge on any atom is 0.230 e. The first-order valence-electron chi connectivity index (χ1n) is 6.83. The van der Waals surface area contributed by atoms with Crippen LogP contribution in [0.4, 0.5) is 0 Å². The number of nitrogens with zero attached hydrogens (tertiary/aromatic N) is 3. The summed E-state index contributed by atoms with van der Waals surface area (Å²) < 4.78 is 5.61. The molecular weight excluding hydrogens is 258 g/mol. The van der Waals surface area contributed by atoms with E-state index in [4.69, 9.17) is 4.42 Å². The van der Waals surface area contributed by atoms with Crippen LogP contribution in [0.1, 0.15) is 43.5 Å². The van der Waals surface area contributed by atoms with Crippen molar-refractivity contribution < 1.29 is 4.42 Å². The van der Waals surface area contributed by atoms with E-state index < -0.39 is 0 Å². The van der Waals surface area contributed by atoms with Gasteiger partial charge in [-0.15, -0.1) is 10.2 Å². The highest BCUT2D eigenvalue weighted by Gasteiger charge is 2.31. The summed E-state index contributed by atoms with van der Waals surface area (Å²) in [4.78, 5) is 2.44. The predicted octanol–water partition coefficient (Wildman–Crippen LogP) is 3.07. The number of thiophene rings is 1. The zero-order chi connectivity index (χ0) is 13.2. The molecule has 3 heterocycles. The molecule has 2 aromatic heterocycles. The highest BCUT2D eigenvalue weighted by Crippen LogP contribution is 2.33. The van der Waals surface area contributed by atoms with E-state index in [0.29, 0.717) is 12.0 Å². The molecule has 0 spiro atoms. The summed E-state index contributed by atoms with van der Waals surface area (Å²) in [5, 5.41) is 12.6. The van der Waals surface area contributed by atoms with Gasteiger partial charge in [0.15, 0.2) is 0 Å². The molecule has 0 amide bonds. The topological polar surface area (TPSA) is 42.2 Å². The molecule has 0 aliphatic carbocycles. The number of aryl methyl sites for hydroxylation is 1. The molecule has 4 nitrogen and oxygen atoms in total. The summed E-state index contributed by atoms with van der Waals surface area (Å²) in [6.07, 6.45) is 2.02. The molecule has 102 valence electrons.